The van der Waals surface area contributed by atoms with Gasteiger partial charge in [-0.15, -0.1) is 11.6 Å². The molecule has 1 saturated heterocycles. The van der Waals surface area contributed by atoms with E-state index < -0.39 is 5.38 Å². The van der Waals surface area contributed by atoms with Gasteiger partial charge in [0.15, 0.2) is 0 Å². The second-order valence-corrected chi connectivity index (χ2v) is 3.27. The van der Waals surface area contributed by atoms with Gasteiger partial charge in [0, 0.05) is 13.2 Å². The third kappa shape index (κ3) is 3.40. The van der Waals surface area contributed by atoms with E-state index in [2.05, 4.69) is 0 Å². The van der Waals surface area contributed by atoms with Crippen molar-refractivity contribution in [3.8, 4) is 6.07 Å². The number of hydrogen-bond acceptors (Lipinski definition) is 3. The van der Waals surface area contributed by atoms with Crippen LogP contribution in [0.15, 0.2) is 0 Å². The van der Waals surface area contributed by atoms with Crippen molar-refractivity contribution >= 4 is 11.6 Å². The van der Waals surface area contributed by atoms with Gasteiger partial charge < -0.3 is 9.47 Å². The molecule has 0 amide bonds. The minimum atomic E-state index is -0.521. The molecule has 0 aromatic rings. The average molecular weight is 190 g/mol. The normalized spacial score (nSPS) is 21.7. The molecule has 1 aliphatic rings. The van der Waals surface area contributed by atoms with Crippen LogP contribution in [0.4, 0.5) is 0 Å². The third-order valence-corrected chi connectivity index (χ3v) is 2.01. The molecule has 1 aliphatic heterocycles. The number of alkyl halides is 1. The van der Waals surface area contributed by atoms with Gasteiger partial charge in [-0.1, -0.05) is 0 Å². The smallest absolute Gasteiger partial charge is 0.143 e. The highest BCUT2D eigenvalue weighted by Crippen LogP contribution is 2.11. The molecule has 1 rings (SSSR count). The summed E-state index contributed by atoms with van der Waals surface area (Å²) < 4.78 is 10.6. The first-order chi connectivity index (χ1) is 5.83. The quantitative estimate of drug-likeness (QED) is 0.629. The van der Waals surface area contributed by atoms with Crippen molar-refractivity contribution in [2.24, 2.45) is 0 Å². The summed E-state index contributed by atoms with van der Waals surface area (Å²) in [5, 5.41) is 7.86. The van der Waals surface area contributed by atoms with Crippen LogP contribution >= 0.6 is 11.6 Å². The van der Waals surface area contributed by atoms with E-state index in [1.807, 2.05) is 6.07 Å². The van der Waals surface area contributed by atoms with E-state index in [0.717, 1.165) is 26.1 Å². The maximum absolute atomic E-state index is 8.38. The number of ether oxygens (including phenoxy) is 2. The number of rotatable bonds is 3. The van der Waals surface area contributed by atoms with Gasteiger partial charge in [-0.25, -0.2) is 0 Å². The van der Waals surface area contributed by atoms with Crippen LogP contribution in [0.1, 0.15) is 12.8 Å². The van der Waals surface area contributed by atoms with Crippen molar-refractivity contribution in [2.75, 3.05) is 19.8 Å². The molecular weight excluding hydrogens is 178 g/mol. The van der Waals surface area contributed by atoms with E-state index in [-0.39, 0.29) is 6.10 Å². The Kier molecular flexibility index (Phi) is 4.37. The van der Waals surface area contributed by atoms with E-state index in [1.54, 1.807) is 0 Å². The second-order valence-electron chi connectivity index (χ2n) is 2.74. The molecular formula is C8H12ClNO2. The average Bonchev–Trinajstić information content (AvgIpc) is 2.16. The molecule has 3 nitrogen and oxygen atoms in total. The fourth-order valence-corrected chi connectivity index (χ4v) is 1.17. The molecule has 0 aromatic heterocycles. The molecule has 1 unspecified atom stereocenters. The standard InChI is InChI=1S/C8H12ClNO2/c9-7(5-10)6-12-8-1-3-11-4-2-8/h7-8H,1-4,6H2. The summed E-state index contributed by atoms with van der Waals surface area (Å²) in [6.07, 6.45) is 2.05. The van der Waals surface area contributed by atoms with Gasteiger partial charge in [-0.2, -0.15) is 5.26 Å². The molecule has 0 aromatic carbocycles. The van der Waals surface area contributed by atoms with Crippen LogP contribution in [-0.2, 0) is 9.47 Å². The molecule has 1 fully saturated rings. The second kappa shape index (κ2) is 5.36. The molecule has 68 valence electrons. The lowest BCUT2D eigenvalue weighted by atomic mass is 10.1. The highest BCUT2D eigenvalue weighted by Gasteiger charge is 2.15. The summed E-state index contributed by atoms with van der Waals surface area (Å²) in [6.45, 7) is 1.83. The molecule has 0 aliphatic carbocycles. The Bertz CT molecular complexity index is 163. The molecule has 0 spiro atoms. The Labute approximate surface area is 77.2 Å². The molecule has 4 heteroatoms. The highest BCUT2D eigenvalue weighted by atomic mass is 35.5. The van der Waals surface area contributed by atoms with Gasteiger partial charge >= 0.3 is 0 Å². The number of nitrogens with zero attached hydrogens (tertiary/aromatic N) is 1. The summed E-state index contributed by atoms with van der Waals surface area (Å²) in [7, 11) is 0. The van der Waals surface area contributed by atoms with Gasteiger partial charge in [0.05, 0.1) is 18.8 Å². The van der Waals surface area contributed by atoms with Gasteiger partial charge in [0.2, 0.25) is 0 Å². The summed E-state index contributed by atoms with van der Waals surface area (Å²) in [4.78, 5) is 0. The summed E-state index contributed by atoms with van der Waals surface area (Å²) in [5.74, 6) is 0. The molecule has 0 bridgehead atoms. The molecule has 1 atom stereocenters. The number of halogens is 1. The van der Waals surface area contributed by atoms with E-state index in [1.165, 1.54) is 0 Å². The molecule has 0 saturated carbocycles. The van der Waals surface area contributed by atoms with Crippen molar-refractivity contribution < 1.29 is 9.47 Å². The molecule has 0 N–H and O–H groups in total. The molecule has 12 heavy (non-hydrogen) atoms. The first-order valence-electron chi connectivity index (χ1n) is 4.06. The maximum atomic E-state index is 8.38. The van der Waals surface area contributed by atoms with Crippen LogP contribution in [0.25, 0.3) is 0 Å². The van der Waals surface area contributed by atoms with E-state index in [4.69, 9.17) is 26.3 Å². The van der Waals surface area contributed by atoms with Crippen molar-refractivity contribution in [1.29, 1.82) is 5.26 Å². The minimum Gasteiger partial charge on any atom is -0.381 e. The zero-order valence-corrected chi connectivity index (χ0v) is 7.59. The highest BCUT2D eigenvalue weighted by molar-refractivity contribution is 6.22. The van der Waals surface area contributed by atoms with Gasteiger partial charge in [0.1, 0.15) is 5.38 Å². The summed E-state index contributed by atoms with van der Waals surface area (Å²) in [6, 6.07) is 1.91. The fraction of sp³-hybridized carbons (Fsp3) is 0.875. The van der Waals surface area contributed by atoms with Crippen molar-refractivity contribution in [3.63, 3.8) is 0 Å². The Morgan fingerprint density at radius 1 is 1.58 bits per heavy atom. The Hall–Kier alpha value is -0.300. The SMILES string of the molecule is N#CC(Cl)COC1CCOCC1. The first-order valence-corrected chi connectivity index (χ1v) is 4.49. The van der Waals surface area contributed by atoms with Crippen LogP contribution in [0.3, 0.4) is 0 Å². The van der Waals surface area contributed by atoms with Crippen LogP contribution in [0.5, 0.6) is 0 Å². The van der Waals surface area contributed by atoms with Crippen molar-refractivity contribution in [3.05, 3.63) is 0 Å². The summed E-state index contributed by atoms with van der Waals surface area (Å²) in [5.41, 5.74) is 0. The van der Waals surface area contributed by atoms with E-state index in [0.29, 0.717) is 6.61 Å². The van der Waals surface area contributed by atoms with Gasteiger partial charge in [0.25, 0.3) is 0 Å². The minimum absolute atomic E-state index is 0.230. The Morgan fingerprint density at radius 3 is 2.83 bits per heavy atom. The predicted molar refractivity (Wildman–Crippen MR) is 45.0 cm³/mol. The fourth-order valence-electron chi connectivity index (χ4n) is 1.10. The molecule has 1 heterocycles. The van der Waals surface area contributed by atoms with Crippen LogP contribution in [0, 0.1) is 11.3 Å². The summed E-state index contributed by atoms with van der Waals surface area (Å²) >= 11 is 5.57. The lowest BCUT2D eigenvalue weighted by Crippen LogP contribution is -2.25. The third-order valence-electron chi connectivity index (χ3n) is 1.79. The van der Waals surface area contributed by atoms with Crippen molar-refractivity contribution in [2.45, 2.75) is 24.3 Å². The van der Waals surface area contributed by atoms with E-state index >= 15 is 0 Å². The zero-order valence-electron chi connectivity index (χ0n) is 6.83. The molecule has 0 radical (unpaired) electrons. The largest absolute Gasteiger partial charge is 0.381 e. The van der Waals surface area contributed by atoms with Gasteiger partial charge in [-0.3, -0.25) is 0 Å². The topological polar surface area (TPSA) is 42.2 Å². The maximum Gasteiger partial charge on any atom is 0.143 e. The zero-order chi connectivity index (χ0) is 8.81. The lowest BCUT2D eigenvalue weighted by Gasteiger charge is -2.22. The predicted octanol–water partition coefficient (Wildman–Crippen LogP) is 1.31. The van der Waals surface area contributed by atoms with Crippen LogP contribution in [-0.4, -0.2) is 31.3 Å². The van der Waals surface area contributed by atoms with Crippen molar-refractivity contribution in [1.82, 2.24) is 0 Å². The number of nitriles is 1. The van der Waals surface area contributed by atoms with Crippen LogP contribution < -0.4 is 0 Å². The van der Waals surface area contributed by atoms with Crippen LogP contribution in [0.2, 0.25) is 0 Å². The number of hydrogen-bond donors (Lipinski definition) is 0. The monoisotopic (exact) mass is 189 g/mol. The first kappa shape index (κ1) is 9.79. The van der Waals surface area contributed by atoms with Gasteiger partial charge in [-0.05, 0) is 12.8 Å². The lowest BCUT2D eigenvalue weighted by molar-refractivity contribution is -0.0293. The Morgan fingerprint density at radius 2 is 2.25 bits per heavy atom. The van der Waals surface area contributed by atoms with E-state index in [9.17, 15) is 0 Å². The Balaban J connectivity index is 2.10.